The highest BCUT2D eigenvalue weighted by atomic mass is 79.9. The number of para-hydroxylation sites is 1. The van der Waals surface area contributed by atoms with Crippen LogP contribution >= 0.6 is 15.9 Å². The second-order valence-corrected chi connectivity index (χ2v) is 6.00. The van der Waals surface area contributed by atoms with Crippen molar-refractivity contribution in [2.24, 2.45) is 0 Å². The SMILES string of the molecule is C[C@H](OC(=O)Cc1ccc(Br)cc1)C(=O)Nc1ccccc1C#N. The van der Waals surface area contributed by atoms with Gasteiger partial charge in [-0.25, -0.2) is 0 Å². The van der Waals surface area contributed by atoms with E-state index in [9.17, 15) is 9.59 Å². The van der Waals surface area contributed by atoms with Gasteiger partial charge in [-0.15, -0.1) is 0 Å². The summed E-state index contributed by atoms with van der Waals surface area (Å²) in [6, 6.07) is 15.9. The summed E-state index contributed by atoms with van der Waals surface area (Å²) in [5, 5.41) is 11.6. The fourth-order valence-electron chi connectivity index (χ4n) is 1.99. The van der Waals surface area contributed by atoms with E-state index in [4.69, 9.17) is 10.00 Å². The molecule has 5 nitrogen and oxygen atoms in total. The summed E-state index contributed by atoms with van der Waals surface area (Å²) in [4.78, 5) is 24.0. The van der Waals surface area contributed by atoms with Crippen LogP contribution in [-0.2, 0) is 20.7 Å². The zero-order valence-electron chi connectivity index (χ0n) is 13.0. The van der Waals surface area contributed by atoms with Crippen LogP contribution in [0.15, 0.2) is 53.0 Å². The van der Waals surface area contributed by atoms with Crippen LogP contribution in [-0.4, -0.2) is 18.0 Å². The van der Waals surface area contributed by atoms with Gasteiger partial charge in [0.25, 0.3) is 5.91 Å². The first-order chi connectivity index (χ1) is 11.5. The first kappa shape index (κ1) is 17.7. The van der Waals surface area contributed by atoms with Gasteiger partial charge in [0.2, 0.25) is 0 Å². The van der Waals surface area contributed by atoms with Crippen molar-refractivity contribution >= 4 is 33.5 Å². The third-order valence-electron chi connectivity index (χ3n) is 3.24. The van der Waals surface area contributed by atoms with Gasteiger partial charge >= 0.3 is 5.97 Å². The Morgan fingerprint density at radius 1 is 1.21 bits per heavy atom. The maximum atomic E-state index is 12.1. The molecule has 0 spiro atoms. The van der Waals surface area contributed by atoms with Crippen molar-refractivity contribution in [3.05, 3.63) is 64.1 Å². The maximum absolute atomic E-state index is 12.1. The van der Waals surface area contributed by atoms with Gasteiger partial charge in [0.15, 0.2) is 6.10 Å². The Bertz CT molecular complexity index is 782. The first-order valence-corrected chi connectivity index (χ1v) is 8.03. The molecule has 2 rings (SSSR count). The van der Waals surface area contributed by atoms with E-state index in [1.807, 2.05) is 18.2 Å². The highest BCUT2D eigenvalue weighted by Gasteiger charge is 2.19. The Hall–Kier alpha value is -2.65. The van der Waals surface area contributed by atoms with Gasteiger partial charge in [-0.3, -0.25) is 9.59 Å². The number of carbonyl (C=O) groups excluding carboxylic acids is 2. The number of amides is 1. The van der Waals surface area contributed by atoms with E-state index >= 15 is 0 Å². The van der Waals surface area contributed by atoms with Crippen molar-refractivity contribution in [2.45, 2.75) is 19.4 Å². The summed E-state index contributed by atoms with van der Waals surface area (Å²) < 4.78 is 6.07. The van der Waals surface area contributed by atoms with E-state index in [0.29, 0.717) is 11.3 Å². The molecule has 0 saturated heterocycles. The van der Waals surface area contributed by atoms with E-state index in [2.05, 4.69) is 21.2 Å². The van der Waals surface area contributed by atoms with Gasteiger partial charge in [-0.1, -0.05) is 40.2 Å². The Kier molecular flexibility index (Phi) is 6.10. The van der Waals surface area contributed by atoms with Gasteiger partial charge in [0.05, 0.1) is 17.7 Å². The average Bonchev–Trinajstić information content (AvgIpc) is 2.57. The second-order valence-electron chi connectivity index (χ2n) is 5.08. The van der Waals surface area contributed by atoms with Crippen LogP contribution in [0, 0.1) is 11.3 Å². The number of hydrogen-bond acceptors (Lipinski definition) is 4. The summed E-state index contributed by atoms with van der Waals surface area (Å²) in [7, 11) is 0. The molecule has 0 bridgehead atoms. The van der Waals surface area contributed by atoms with Crippen LogP contribution in [0.4, 0.5) is 5.69 Å². The predicted molar refractivity (Wildman–Crippen MR) is 93.2 cm³/mol. The van der Waals surface area contributed by atoms with Crippen LogP contribution in [0.25, 0.3) is 0 Å². The molecular formula is C18H15BrN2O3. The Morgan fingerprint density at radius 3 is 2.54 bits per heavy atom. The van der Waals surface area contributed by atoms with E-state index < -0.39 is 18.0 Å². The van der Waals surface area contributed by atoms with Crippen molar-refractivity contribution in [3.8, 4) is 6.07 Å². The molecule has 2 aromatic rings. The molecule has 24 heavy (non-hydrogen) atoms. The lowest BCUT2D eigenvalue weighted by molar-refractivity contribution is -0.152. The molecule has 0 unspecified atom stereocenters. The summed E-state index contributed by atoms with van der Waals surface area (Å²) in [5.41, 5.74) is 1.53. The second kappa shape index (κ2) is 8.27. The third kappa shape index (κ3) is 4.93. The molecule has 0 saturated carbocycles. The van der Waals surface area contributed by atoms with E-state index in [1.54, 1.807) is 36.4 Å². The van der Waals surface area contributed by atoms with Crippen molar-refractivity contribution in [3.63, 3.8) is 0 Å². The first-order valence-electron chi connectivity index (χ1n) is 7.23. The molecular weight excluding hydrogens is 372 g/mol. The smallest absolute Gasteiger partial charge is 0.311 e. The zero-order valence-corrected chi connectivity index (χ0v) is 14.5. The van der Waals surface area contributed by atoms with Crippen molar-refractivity contribution < 1.29 is 14.3 Å². The number of nitriles is 1. The molecule has 0 aromatic heterocycles. The maximum Gasteiger partial charge on any atom is 0.311 e. The normalized spacial score (nSPS) is 11.2. The molecule has 0 aliphatic rings. The molecule has 0 heterocycles. The predicted octanol–water partition coefficient (Wildman–Crippen LogP) is 3.43. The number of rotatable bonds is 5. The molecule has 2 aromatic carbocycles. The minimum absolute atomic E-state index is 0.0830. The summed E-state index contributed by atoms with van der Waals surface area (Å²) in [6.07, 6.45) is -0.876. The lowest BCUT2D eigenvalue weighted by atomic mass is 10.1. The third-order valence-corrected chi connectivity index (χ3v) is 3.77. The van der Waals surface area contributed by atoms with Gasteiger partial charge in [0.1, 0.15) is 6.07 Å². The number of nitrogens with one attached hydrogen (secondary N) is 1. The van der Waals surface area contributed by atoms with Crippen molar-refractivity contribution in [1.29, 1.82) is 5.26 Å². The average molecular weight is 387 g/mol. The highest BCUT2D eigenvalue weighted by molar-refractivity contribution is 9.10. The number of nitrogens with zero attached hydrogens (tertiary/aromatic N) is 1. The van der Waals surface area contributed by atoms with Crippen LogP contribution < -0.4 is 5.32 Å². The van der Waals surface area contributed by atoms with Crippen LogP contribution in [0.5, 0.6) is 0 Å². The number of hydrogen-bond donors (Lipinski definition) is 1. The van der Waals surface area contributed by atoms with E-state index in [0.717, 1.165) is 10.0 Å². The molecule has 6 heteroatoms. The van der Waals surface area contributed by atoms with Gasteiger partial charge < -0.3 is 10.1 Å². The number of anilines is 1. The molecule has 0 aliphatic carbocycles. The molecule has 0 aliphatic heterocycles. The van der Waals surface area contributed by atoms with Crippen LogP contribution in [0.1, 0.15) is 18.1 Å². The lowest BCUT2D eigenvalue weighted by Crippen LogP contribution is -2.30. The fraction of sp³-hybridized carbons (Fsp3) is 0.167. The van der Waals surface area contributed by atoms with Crippen molar-refractivity contribution in [1.82, 2.24) is 0 Å². The number of carbonyl (C=O) groups is 2. The molecule has 1 atom stereocenters. The molecule has 1 amide bonds. The van der Waals surface area contributed by atoms with Crippen LogP contribution in [0.3, 0.4) is 0 Å². The largest absolute Gasteiger partial charge is 0.452 e. The van der Waals surface area contributed by atoms with Gasteiger partial charge in [-0.2, -0.15) is 5.26 Å². The summed E-state index contributed by atoms with van der Waals surface area (Å²) in [5.74, 6) is -0.976. The highest BCUT2D eigenvalue weighted by Crippen LogP contribution is 2.15. The molecule has 122 valence electrons. The molecule has 0 fully saturated rings. The van der Waals surface area contributed by atoms with E-state index in [1.165, 1.54) is 6.92 Å². The summed E-state index contributed by atoms with van der Waals surface area (Å²) in [6.45, 7) is 1.49. The summed E-state index contributed by atoms with van der Waals surface area (Å²) >= 11 is 3.32. The van der Waals surface area contributed by atoms with Crippen molar-refractivity contribution in [2.75, 3.05) is 5.32 Å². The number of esters is 1. The minimum atomic E-state index is -0.959. The lowest BCUT2D eigenvalue weighted by Gasteiger charge is -2.14. The van der Waals surface area contributed by atoms with E-state index in [-0.39, 0.29) is 6.42 Å². The molecule has 1 N–H and O–H groups in total. The minimum Gasteiger partial charge on any atom is -0.452 e. The number of benzene rings is 2. The van der Waals surface area contributed by atoms with Gasteiger partial charge in [-0.05, 0) is 36.8 Å². The Labute approximate surface area is 148 Å². The number of ether oxygens (including phenoxy) is 1. The monoisotopic (exact) mass is 386 g/mol. The molecule has 0 radical (unpaired) electrons. The Morgan fingerprint density at radius 2 is 1.88 bits per heavy atom. The fourth-order valence-corrected chi connectivity index (χ4v) is 2.25. The Balaban J connectivity index is 1.92. The topological polar surface area (TPSA) is 79.2 Å². The van der Waals surface area contributed by atoms with Gasteiger partial charge in [0, 0.05) is 4.47 Å². The quantitative estimate of drug-likeness (QED) is 0.798. The number of halogens is 1. The zero-order chi connectivity index (χ0) is 17.5. The standard InChI is InChI=1S/C18H15BrN2O3/c1-12(18(23)21-16-5-3-2-4-14(16)11-20)24-17(22)10-13-6-8-15(19)9-7-13/h2-9,12H,10H2,1H3,(H,21,23)/t12-/m0/s1. The van der Waals surface area contributed by atoms with Crippen LogP contribution in [0.2, 0.25) is 0 Å².